The molecule has 20 heavy (non-hydrogen) atoms. The highest BCUT2D eigenvalue weighted by molar-refractivity contribution is 5.40. The van der Waals surface area contributed by atoms with E-state index in [-0.39, 0.29) is 0 Å². The molecule has 1 aromatic rings. The van der Waals surface area contributed by atoms with Crippen LogP contribution < -0.4 is 10.1 Å². The largest absolute Gasteiger partial charge is 0.493 e. The minimum atomic E-state index is 0.843. The van der Waals surface area contributed by atoms with E-state index >= 15 is 0 Å². The van der Waals surface area contributed by atoms with Crippen molar-refractivity contribution in [3.8, 4) is 5.75 Å². The first kappa shape index (κ1) is 17.0. The molecule has 0 atom stereocenters. The molecule has 2 nitrogen and oxygen atoms in total. The van der Waals surface area contributed by atoms with Crippen LogP contribution in [0, 0.1) is 6.92 Å². The van der Waals surface area contributed by atoms with E-state index in [1.165, 1.54) is 43.2 Å². The standard InChI is InChI=1S/C18H31NO/c1-4-6-7-8-9-14-20-18-16(3)11-10-12-17(18)15-19-13-5-2/h10-12,19H,4-9,13-15H2,1-3H3. The fourth-order valence-electron chi connectivity index (χ4n) is 2.34. The number of benzene rings is 1. The molecule has 0 heterocycles. The van der Waals surface area contributed by atoms with Gasteiger partial charge in [0.25, 0.3) is 0 Å². The lowest BCUT2D eigenvalue weighted by Gasteiger charge is -2.14. The molecule has 1 aromatic carbocycles. The highest BCUT2D eigenvalue weighted by Gasteiger charge is 2.06. The Morgan fingerprint density at radius 1 is 1.00 bits per heavy atom. The second-order valence-electron chi connectivity index (χ2n) is 5.50. The second kappa shape index (κ2) is 10.7. The molecule has 1 rings (SSSR count). The van der Waals surface area contributed by atoms with Crippen molar-refractivity contribution in [3.05, 3.63) is 29.3 Å². The van der Waals surface area contributed by atoms with E-state index in [0.29, 0.717) is 0 Å². The Bertz CT molecular complexity index is 362. The smallest absolute Gasteiger partial charge is 0.126 e. The summed E-state index contributed by atoms with van der Waals surface area (Å²) in [6.07, 6.45) is 7.58. The minimum Gasteiger partial charge on any atom is -0.493 e. The molecular weight excluding hydrogens is 246 g/mol. The fraction of sp³-hybridized carbons (Fsp3) is 0.667. The Hall–Kier alpha value is -1.02. The zero-order chi connectivity index (χ0) is 14.6. The average Bonchev–Trinajstić information content (AvgIpc) is 2.45. The molecule has 0 radical (unpaired) electrons. The van der Waals surface area contributed by atoms with Gasteiger partial charge in [-0.3, -0.25) is 0 Å². The molecule has 0 bridgehead atoms. The number of hydrogen-bond donors (Lipinski definition) is 1. The number of hydrogen-bond acceptors (Lipinski definition) is 2. The lowest BCUT2D eigenvalue weighted by Crippen LogP contribution is -2.15. The first-order valence-electron chi connectivity index (χ1n) is 8.21. The molecule has 0 aliphatic carbocycles. The summed E-state index contributed by atoms with van der Waals surface area (Å²) in [5.41, 5.74) is 2.53. The van der Waals surface area contributed by atoms with Gasteiger partial charge in [-0.05, 0) is 31.9 Å². The highest BCUT2D eigenvalue weighted by Crippen LogP contribution is 2.23. The van der Waals surface area contributed by atoms with Gasteiger partial charge in [-0.1, -0.05) is 57.7 Å². The van der Waals surface area contributed by atoms with Crippen LogP contribution in [0.15, 0.2) is 18.2 Å². The number of para-hydroxylation sites is 1. The van der Waals surface area contributed by atoms with Crippen LogP contribution in [0.4, 0.5) is 0 Å². The number of ether oxygens (including phenoxy) is 1. The first-order valence-corrected chi connectivity index (χ1v) is 8.21. The number of rotatable bonds is 11. The Balaban J connectivity index is 2.41. The van der Waals surface area contributed by atoms with Gasteiger partial charge in [0.15, 0.2) is 0 Å². The summed E-state index contributed by atoms with van der Waals surface area (Å²) < 4.78 is 6.04. The maximum absolute atomic E-state index is 6.04. The van der Waals surface area contributed by atoms with Crippen molar-refractivity contribution in [2.45, 2.75) is 65.8 Å². The normalized spacial score (nSPS) is 10.8. The molecule has 0 fully saturated rings. The molecule has 0 spiro atoms. The first-order chi connectivity index (χ1) is 9.79. The van der Waals surface area contributed by atoms with Crippen LogP contribution in [0.25, 0.3) is 0 Å². The van der Waals surface area contributed by atoms with Gasteiger partial charge in [0, 0.05) is 12.1 Å². The summed E-state index contributed by atoms with van der Waals surface area (Å²) in [7, 11) is 0. The summed E-state index contributed by atoms with van der Waals surface area (Å²) in [6.45, 7) is 9.38. The van der Waals surface area contributed by atoms with E-state index in [4.69, 9.17) is 4.74 Å². The molecule has 0 aliphatic rings. The Labute approximate surface area is 124 Å². The zero-order valence-electron chi connectivity index (χ0n) is 13.5. The van der Waals surface area contributed by atoms with Crippen LogP contribution in [0.3, 0.4) is 0 Å². The monoisotopic (exact) mass is 277 g/mol. The molecule has 114 valence electrons. The summed E-state index contributed by atoms with van der Waals surface area (Å²) >= 11 is 0. The van der Waals surface area contributed by atoms with E-state index in [2.05, 4.69) is 44.3 Å². The molecule has 0 amide bonds. The lowest BCUT2D eigenvalue weighted by molar-refractivity contribution is 0.299. The van der Waals surface area contributed by atoms with Crippen LogP contribution in [0.1, 0.15) is 63.5 Å². The number of nitrogens with one attached hydrogen (secondary N) is 1. The van der Waals surface area contributed by atoms with Crippen LogP contribution >= 0.6 is 0 Å². The zero-order valence-corrected chi connectivity index (χ0v) is 13.5. The van der Waals surface area contributed by atoms with Gasteiger partial charge >= 0.3 is 0 Å². The van der Waals surface area contributed by atoms with Gasteiger partial charge in [0.2, 0.25) is 0 Å². The van der Waals surface area contributed by atoms with Gasteiger partial charge in [0.05, 0.1) is 6.61 Å². The molecule has 1 N–H and O–H groups in total. The van der Waals surface area contributed by atoms with E-state index in [1.54, 1.807) is 0 Å². The highest BCUT2D eigenvalue weighted by atomic mass is 16.5. The van der Waals surface area contributed by atoms with Crippen LogP contribution in [0.2, 0.25) is 0 Å². The molecule has 0 unspecified atom stereocenters. The van der Waals surface area contributed by atoms with Gasteiger partial charge in [-0.25, -0.2) is 0 Å². The molecular formula is C18H31NO. The van der Waals surface area contributed by atoms with Gasteiger partial charge in [-0.2, -0.15) is 0 Å². The molecule has 2 heteroatoms. The lowest BCUT2D eigenvalue weighted by atomic mass is 10.1. The summed E-state index contributed by atoms with van der Waals surface area (Å²) in [5, 5.41) is 3.46. The van der Waals surface area contributed by atoms with Crippen molar-refractivity contribution in [3.63, 3.8) is 0 Å². The van der Waals surface area contributed by atoms with Gasteiger partial charge in [0.1, 0.15) is 5.75 Å². The second-order valence-corrected chi connectivity index (χ2v) is 5.50. The van der Waals surface area contributed by atoms with E-state index < -0.39 is 0 Å². The van der Waals surface area contributed by atoms with Crippen LogP contribution in [-0.2, 0) is 6.54 Å². The predicted molar refractivity (Wildman–Crippen MR) is 87.4 cm³/mol. The summed E-state index contributed by atoms with van der Waals surface area (Å²) in [4.78, 5) is 0. The van der Waals surface area contributed by atoms with Crippen LogP contribution in [0.5, 0.6) is 5.75 Å². The molecule has 0 aromatic heterocycles. The maximum Gasteiger partial charge on any atom is 0.126 e. The Morgan fingerprint density at radius 3 is 2.55 bits per heavy atom. The topological polar surface area (TPSA) is 21.3 Å². The van der Waals surface area contributed by atoms with Crippen molar-refractivity contribution in [1.29, 1.82) is 0 Å². The van der Waals surface area contributed by atoms with E-state index in [0.717, 1.165) is 31.9 Å². The SMILES string of the molecule is CCCCCCCOc1c(C)cccc1CNCCC. The van der Waals surface area contributed by atoms with Crippen molar-refractivity contribution < 1.29 is 4.74 Å². The van der Waals surface area contributed by atoms with Crippen LogP contribution in [-0.4, -0.2) is 13.2 Å². The summed E-state index contributed by atoms with van der Waals surface area (Å²) in [6, 6.07) is 6.42. The average molecular weight is 277 g/mol. The third kappa shape index (κ3) is 6.42. The third-order valence-electron chi connectivity index (χ3n) is 3.53. The number of unbranched alkanes of at least 4 members (excludes halogenated alkanes) is 4. The maximum atomic E-state index is 6.04. The quantitative estimate of drug-likeness (QED) is 0.584. The van der Waals surface area contributed by atoms with Crippen molar-refractivity contribution in [2.24, 2.45) is 0 Å². The Kier molecular flexibility index (Phi) is 9.14. The van der Waals surface area contributed by atoms with Gasteiger partial charge < -0.3 is 10.1 Å². The predicted octanol–water partition coefficient (Wildman–Crippen LogP) is 4.84. The minimum absolute atomic E-state index is 0.843. The summed E-state index contributed by atoms with van der Waals surface area (Å²) in [5.74, 6) is 1.09. The van der Waals surface area contributed by atoms with Crippen molar-refractivity contribution in [2.75, 3.05) is 13.2 Å². The van der Waals surface area contributed by atoms with Crippen molar-refractivity contribution >= 4 is 0 Å². The van der Waals surface area contributed by atoms with E-state index in [1.807, 2.05) is 0 Å². The van der Waals surface area contributed by atoms with E-state index in [9.17, 15) is 0 Å². The number of aryl methyl sites for hydroxylation is 1. The fourth-order valence-corrected chi connectivity index (χ4v) is 2.34. The molecule has 0 saturated carbocycles. The van der Waals surface area contributed by atoms with Gasteiger partial charge in [-0.15, -0.1) is 0 Å². The third-order valence-corrected chi connectivity index (χ3v) is 3.53. The molecule has 0 aliphatic heterocycles. The Morgan fingerprint density at radius 2 is 1.80 bits per heavy atom. The molecule has 0 saturated heterocycles. The van der Waals surface area contributed by atoms with Crippen molar-refractivity contribution in [1.82, 2.24) is 5.32 Å².